The summed E-state index contributed by atoms with van der Waals surface area (Å²) < 4.78 is 32.9. The van der Waals surface area contributed by atoms with Crippen LogP contribution in [0.5, 0.6) is 0 Å². The predicted molar refractivity (Wildman–Crippen MR) is 163 cm³/mol. The van der Waals surface area contributed by atoms with Crippen LogP contribution in [-0.2, 0) is 29.1 Å². The lowest BCUT2D eigenvalue weighted by Gasteiger charge is -2.38. The Morgan fingerprint density at radius 1 is 1.12 bits per heavy atom. The first kappa shape index (κ1) is 33.2. The SMILES string of the molecule is COC(=O)C(C)NC(=O)N1CCN(CC2CCCN2C(=O)CN2CCCC(NS(=O)(=O)/C=C/c3ccc(Cl)s3)C2=O)CC1. The molecule has 3 saturated heterocycles. The van der Waals surface area contributed by atoms with Crippen LogP contribution in [0.2, 0.25) is 4.34 Å². The first-order chi connectivity index (χ1) is 20.5. The third kappa shape index (κ3) is 9.14. The topological polar surface area (TPSA) is 149 Å². The number of carbonyl (C=O) groups is 4. The van der Waals surface area contributed by atoms with Crippen LogP contribution in [0.1, 0.15) is 37.5 Å². The molecule has 4 heterocycles. The maximum atomic E-state index is 13.3. The molecule has 16 heteroatoms. The van der Waals surface area contributed by atoms with E-state index >= 15 is 0 Å². The van der Waals surface area contributed by atoms with Crippen LogP contribution in [0.25, 0.3) is 6.08 Å². The Morgan fingerprint density at radius 3 is 2.51 bits per heavy atom. The van der Waals surface area contributed by atoms with E-state index in [1.54, 1.807) is 24.0 Å². The van der Waals surface area contributed by atoms with Crippen molar-refractivity contribution in [1.82, 2.24) is 29.6 Å². The second kappa shape index (κ2) is 14.8. The fraction of sp³-hybridized carbons (Fsp3) is 0.630. The number of amides is 4. The lowest BCUT2D eigenvalue weighted by Crippen LogP contribution is -2.57. The van der Waals surface area contributed by atoms with Gasteiger partial charge in [-0.05, 0) is 50.8 Å². The van der Waals surface area contributed by atoms with E-state index in [0.29, 0.717) is 67.9 Å². The molecule has 3 fully saturated rings. The number of piperidine rings is 1. The number of hydrogen-bond donors (Lipinski definition) is 2. The molecule has 3 unspecified atom stereocenters. The molecular formula is C27H39ClN6O7S2. The van der Waals surface area contributed by atoms with E-state index in [4.69, 9.17) is 11.6 Å². The molecule has 13 nitrogen and oxygen atoms in total. The quantitative estimate of drug-likeness (QED) is 0.356. The van der Waals surface area contributed by atoms with Crippen LogP contribution >= 0.6 is 22.9 Å². The van der Waals surface area contributed by atoms with E-state index in [-0.39, 0.29) is 24.5 Å². The molecule has 0 aliphatic carbocycles. The van der Waals surface area contributed by atoms with Gasteiger partial charge in [-0.25, -0.2) is 18.0 Å². The van der Waals surface area contributed by atoms with Crippen molar-refractivity contribution in [3.8, 4) is 0 Å². The van der Waals surface area contributed by atoms with Gasteiger partial charge in [0.1, 0.15) is 12.1 Å². The minimum atomic E-state index is -3.88. The smallest absolute Gasteiger partial charge is 0.328 e. The third-order valence-corrected chi connectivity index (χ3v) is 10.2. The Morgan fingerprint density at radius 2 is 1.84 bits per heavy atom. The zero-order valence-corrected chi connectivity index (χ0v) is 26.8. The van der Waals surface area contributed by atoms with Crippen molar-refractivity contribution in [2.75, 3.05) is 59.5 Å². The van der Waals surface area contributed by atoms with Crippen molar-refractivity contribution >= 4 is 62.9 Å². The minimum Gasteiger partial charge on any atom is -0.467 e. The van der Waals surface area contributed by atoms with Crippen LogP contribution in [0, 0.1) is 0 Å². The number of sulfonamides is 1. The summed E-state index contributed by atoms with van der Waals surface area (Å²) in [6, 6.07) is 1.40. The number of hydrogen-bond acceptors (Lipinski definition) is 9. The first-order valence-electron chi connectivity index (χ1n) is 14.4. The number of halogens is 1. The fourth-order valence-corrected chi connectivity index (χ4v) is 7.64. The number of rotatable bonds is 10. The molecular weight excluding hydrogens is 620 g/mol. The number of piperazine rings is 1. The van der Waals surface area contributed by atoms with Crippen LogP contribution in [0.15, 0.2) is 17.5 Å². The Bertz CT molecular complexity index is 1310. The monoisotopic (exact) mass is 658 g/mol. The Hall–Kier alpha value is -2.72. The van der Waals surface area contributed by atoms with Gasteiger partial charge in [-0.15, -0.1) is 11.3 Å². The fourth-order valence-electron chi connectivity index (χ4n) is 5.57. The number of nitrogens with one attached hydrogen (secondary N) is 2. The summed E-state index contributed by atoms with van der Waals surface area (Å²) in [5.74, 6) is -1.06. The van der Waals surface area contributed by atoms with Gasteiger partial charge in [-0.2, -0.15) is 4.72 Å². The highest BCUT2D eigenvalue weighted by atomic mass is 35.5. The summed E-state index contributed by atoms with van der Waals surface area (Å²) in [6.45, 7) is 5.41. The van der Waals surface area contributed by atoms with Crippen LogP contribution < -0.4 is 10.0 Å². The molecule has 0 aromatic carbocycles. The number of methoxy groups -OCH3 is 1. The summed E-state index contributed by atoms with van der Waals surface area (Å²) in [6.07, 6.45) is 4.08. The molecule has 2 N–H and O–H groups in total. The van der Waals surface area contributed by atoms with Gasteiger partial charge in [0.05, 0.1) is 18.0 Å². The van der Waals surface area contributed by atoms with Gasteiger partial charge in [0, 0.05) is 62.1 Å². The Balaban J connectivity index is 1.25. The highest BCUT2D eigenvalue weighted by Gasteiger charge is 2.36. The maximum absolute atomic E-state index is 13.3. The van der Waals surface area contributed by atoms with Crippen molar-refractivity contribution in [1.29, 1.82) is 0 Å². The number of ether oxygens (including phenoxy) is 1. The van der Waals surface area contributed by atoms with Gasteiger partial charge in [-0.3, -0.25) is 14.5 Å². The summed E-state index contributed by atoms with van der Waals surface area (Å²) in [4.78, 5) is 58.4. The second-order valence-electron chi connectivity index (χ2n) is 10.9. The molecule has 4 amide bonds. The van der Waals surface area contributed by atoms with E-state index in [1.807, 2.05) is 4.90 Å². The average Bonchev–Trinajstić information content (AvgIpc) is 3.62. The van der Waals surface area contributed by atoms with Crippen molar-refractivity contribution in [3.05, 3.63) is 26.8 Å². The van der Waals surface area contributed by atoms with Crippen molar-refractivity contribution in [2.45, 2.75) is 50.7 Å². The lowest BCUT2D eigenvalue weighted by molar-refractivity contribution is -0.143. The molecule has 0 bridgehead atoms. The van der Waals surface area contributed by atoms with Crippen LogP contribution in [0.4, 0.5) is 4.79 Å². The second-order valence-corrected chi connectivity index (χ2v) is 14.3. The number of likely N-dealkylation sites (tertiary alicyclic amines) is 2. The molecule has 1 aromatic rings. The van der Waals surface area contributed by atoms with Gasteiger partial charge < -0.3 is 24.8 Å². The van der Waals surface area contributed by atoms with Crippen molar-refractivity contribution in [2.24, 2.45) is 0 Å². The number of urea groups is 1. The van der Waals surface area contributed by atoms with E-state index in [1.165, 1.54) is 29.4 Å². The first-order valence-corrected chi connectivity index (χ1v) is 17.1. The van der Waals surface area contributed by atoms with Crippen molar-refractivity contribution in [3.63, 3.8) is 0 Å². The number of thiophene rings is 1. The molecule has 3 atom stereocenters. The molecule has 0 saturated carbocycles. The number of nitrogens with zero attached hydrogens (tertiary/aromatic N) is 4. The average molecular weight is 659 g/mol. The molecule has 3 aliphatic rings. The summed E-state index contributed by atoms with van der Waals surface area (Å²) in [5, 5.41) is 3.67. The Labute approximate surface area is 261 Å². The molecule has 238 valence electrons. The van der Waals surface area contributed by atoms with Crippen molar-refractivity contribution < 1.29 is 32.3 Å². The van der Waals surface area contributed by atoms with Crippen LogP contribution in [0.3, 0.4) is 0 Å². The van der Waals surface area contributed by atoms with Gasteiger partial charge in [0.25, 0.3) is 0 Å². The van der Waals surface area contributed by atoms with Gasteiger partial charge >= 0.3 is 12.0 Å². The largest absolute Gasteiger partial charge is 0.467 e. The summed E-state index contributed by atoms with van der Waals surface area (Å²) in [7, 11) is -2.61. The third-order valence-electron chi connectivity index (χ3n) is 7.89. The highest BCUT2D eigenvalue weighted by Crippen LogP contribution is 2.23. The maximum Gasteiger partial charge on any atom is 0.328 e. The standard InChI is InChI=1S/C27H39ClN6O7S2/c1-19(26(37)41-2)29-27(38)32-14-12-31(13-15-32)17-20-5-3-11-34(20)24(35)18-33-10-4-6-22(25(33)36)30-43(39,40)16-9-21-7-8-23(28)42-21/h7-9,16,19-20,22,30H,3-6,10-15,17-18H2,1-2H3,(H,29,38)/b16-9+. The molecule has 43 heavy (non-hydrogen) atoms. The van der Waals surface area contributed by atoms with Gasteiger partial charge in [-0.1, -0.05) is 11.6 Å². The molecule has 3 aliphatic heterocycles. The summed E-state index contributed by atoms with van der Waals surface area (Å²) in [5.41, 5.74) is 0. The number of esters is 1. The normalized spacial score (nSPS) is 22.7. The molecule has 4 rings (SSSR count). The van der Waals surface area contributed by atoms with Gasteiger partial charge in [0.15, 0.2) is 0 Å². The minimum absolute atomic E-state index is 0.00249. The van der Waals surface area contributed by atoms with E-state index in [0.717, 1.165) is 18.2 Å². The molecule has 1 aromatic heterocycles. The molecule has 0 spiro atoms. The Kier molecular flexibility index (Phi) is 11.5. The predicted octanol–water partition coefficient (Wildman–Crippen LogP) is 1.16. The lowest BCUT2D eigenvalue weighted by atomic mass is 10.1. The van der Waals surface area contributed by atoms with Crippen LogP contribution in [-0.4, -0.2) is 129 Å². The van der Waals surface area contributed by atoms with E-state index in [2.05, 4.69) is 19.7 Å². The zero-order valence-electron chi connectivity index (χ0n) is 24.4. The molecule has 0 radical (unpaired) electrons. The van der Waals surface area contributed by atoms with E-state index in [9.17, 15) is 27.6 Å². The zero-order chi connectivity index (χ0) is 31.1. The van der Waals surface area contributed by atoms with E-state index < -0.39 is 34.0 Å². The summed E-state index contributed by atoms with van der Waals surface area (Å²) >= 11 is 7.14. The van der Waals surface area contributed by atoms with Gasteiger partial charge in [0.2, 0.25) is 21.8 Å². The highest BCUT2D eigenvalue weighted by molar-refractivity contribution is 7.92. The number of carbonyl (C=O) groups excluding carboxylic acids is 4.